The van der Waals surface area contributed by atoms with Crippen LogP contribution in [-0.2, 0) is 9.53 Å². The summed E-state index contributed by atoms with van der Waals surface area (Å²) in [5, 5.41) is 5.80. The topological polar surface area (TPSA) is 50.4 Å². The lowest BCUT2D eigenvalue weighted by atomic mass is 10.0. The van der Waals surface area contributed by atoms with Crippen LogP contribution in [0.4, 0.5) is 15.8 Å². The number of ether oxygens (including phenoxy) is 1. The Morgan fingerprint density at radius 3 is 2.95 bits per heavy atom. The van der Waals surface area contributed by atoms with Gasteiger partial charge in [0.1, 0.15) is 5.82 Å². The Morgan fingerprint density at radius 2 is 2.32 bits per heavy atom. The maximum atomic E-state index is 13.7. The van der Waals surface area contributed by atoms with Crippen LogP contribution in [0.25, 0.3) is 0 Å². The quantitative estimate of drug-likeness (QED) is 0.880. The predicted octanol–water partition coefficient (Wildman–Crippen LogP) is 2.62. The van der Waals surface area contributed by atoms with Crippen molar-refractivity contribution in [2.75, 3.05) is 23.8 Å². The monoisotopic (exact) mass is 266 g/mol. The van der Waals surface area contributed by atoms with E-state index in [9.17, 15) is 9.18 Å². The molecule has 0 radical (unpaired) electrons. The fraction of sp³-hybridized carbons (Fsp3) is 0.500. The Balaban J connectivity index is 2.07. The van der Waals surface area contributed by atoms with Crippen LogP contribution >= 0.6 is 0 Å². The zero-order chi connectivity index (χ0) is 13.8. The minimum absolute atomic E-state index is 0.129. The van der Waals surface area contributed by atoms with Crippen molar-refractivity contribution in [3.63, 3.8) is 0 Å². The van der Waals surface area contributed by atoms with Gasteiger partial charge >= 0.3 is 0 Å². The van der Waals surface area contributed by atoms with Crippen molar-refractivity contribution < 1.29 is 13.9 Å². The Hall–Kier alpha value is -1.62. The van der Waals surface area contributed by atoms with Crippen molar-refractivity contribution >= 4 is 17.3 Å². The van der Waals surface area contributed by atoms with Crippen LogP contribution in [0.2, 0.25) is 0 Å². The Kier molecular flexibility index (Phi) is 4.37. The zero-order valence-corrected chi connectivity index (χ0v) is 11.2. The first kappa shape index (κ1) is 13.8. The molecule has 1 aromatic carbocycles. The molecule has 2 N–H and O–H groups in total. The summed E-state index contributed by atoms with van der Waals surface area (Å²) in [7, 11) is 0. The molecular formula is C14H19FN2O2. The molecule has 5 heteroatoms. The average Bonchev–Trinajstić information content (AvgIpc) is 2.86. The van der Waals surface area contributed by atoms with Crippen LogP contribution in [0.15, 0.2) is 18.2 Å². The molecule has 1 aliphatic heterocycles. The summed E-state index contributed by atoms with van der Waals surface area (Å²) in [5.41, 5.74) is 0.997. The molecule has 2 atom stereocenters. The van der Waals surface area contributed by atoms with Crippen molar-refractivity contribution in [2.45, 2.75) is 26.3 Å². The van der Waals surface area contributed by atoms with Crippen molar-refractivity contribution in [2.24, 2.45) is 5.92 Å². The number of rotatable bonds is 4. The van der Waals surface area contributed by atoms with Crippen LogP contribution in [0, 0.1) is 11.7 Å². The third-order valence-electron chi connectivity index (χ3n) is 3.34. The van der Waals surface area contributed by atoms with Gasteiger partial charge in [-0.25, -0.2) is 4.39 Å². The number of benzene rings is 1. The van der Waals surface area contributed by atoms with Gasteiger partial charge in [0, 0.05) is 31.2 Å². The van der Waals surface area contributed by atoms with E-state index in [1.807, 2.05) is 6.92 Å². The second kappa shape index (κ2) is 6.02. The van der Waals surface area contributed by atoms with Gasteiger partial charge in [-0.3, -0.25) is 4.79 Å². The minimum atomic E-state index is -0.320. The molecule has 1 heterocycles. The molecule has 4 nitrogen and oxygen atoms in total. The second-order valence-corrected chi connectivity index (χ2v) is 4.93. The lowest BCUT2D eigenvalue weighted by molar-refractivity contribution is -0.114. The van der Waals surface area contributed by atoms with Gasteiger partial charge in [-0.2, -0.15) is 0 Å². The molecule has 1 saturated heterocycles. The first-order valence-corrected chi connectivity index (χ1v) is 6.47. The first-order chi connectivity index (χ1) is 9.06. The van der Waals surface area contributed by atoms with E-state index < -0.39 is 0 Å². The molecule has 0 spiro atoms. The molecule has 2 rings (SSSR count). The van der Waals surface area contributed by atoms with Gasteiger partial charge in [-0.05, 0) is 31.5 Å². The summed E-state index contributed by atoms with van der Waals surface area (Å²) in [4.78, 5) is 11.0. The van der Waals surface area contributed by atoms with E-state index in [1.54, 1.807) is 12.1 Å². The first-order valence-electron chi connectivity index (χ1n) is 6.47. The van der Waals surface area contributed by atoms with Gasteiger partial charge in [-0.15, -0.1) is 0 Å². The van der Waals surface area contributed by atoms with E-state index in [4.69, 9.17) is 4.74 Å². The van der Waals surface area contributed by atoms with Crippen molar-refractivity contribution in [1.29, 1.82) is 0 Å². The Bertz CT molecular complexity index is 459. The zero-order valence-electron chi connectivity index (χ0n) is 11.2. The normalized spacial score (nSPS) is 20.1. The molecule has 1 amide bonds. The maximum absolute atomic E-state index is 13.7. The molecule has 19 heavy (non-hydrogen) atoms. The summed E-state index contributed by atoms with van der Waals surface area (Å²) in [5.74, 6) is -0.0986. The van der Waals surface area contributed by atoms with Crippen LogP contribution in [0.3, 0.4) is 0 Å². The number of carbonyl (C=O) groups is 1. The number of amides is 1. The lowest BCUT2D eigenvalue weighted by Gasteiger charge is -2.21. The van der Waals surface area contributed by atoms with E-state index >= 15 is 0 Å². The maximum Gasteiger partial charge on any atom is 0.221 e. The number of halogens is 1. The lowest BCUT2D eigenvalue weighted by Crippen LogP contribution is -2.26. The SMILES string of the molecule is CC(=O)Nc1ccc(F)c(NC(C)C2CCOC2)c1. The fourth-order valence-electron chi connectivity index (χ4n) is 2.23. The summed E-state index contributed by atoms with van der Waals surface area (Å²) >= 11 is 0. The van der Waals surface area contributed by atoms with Crippen LogP contribution in [-0.4, -0.2) is 25.2 Å². The third kappa shape index (κ3) is 3.67. The number of hydrogen-bond acceptors (Lipinski definition) is 3. The molecule has 1 aliphatic rings. The van der Waals surface area contributed by atoms with Gasteiger partial charge in [-0.1, -0.05) is 0 Å². The molecule has 2 unspecified atom stereocenters. The number of hydrogen-bond donors (Lipinski definition) is 2. The van der Waals surface area contributed by atoms with Crippen molar-refractivity contribution in [3.8, 4) is 0 Å². The summed E-state index contributed by atoms with van der Waals surface area (Å²) in [6.45, 7) is 4.92. The second-order valence-electron chi connectivity index (χ2n) is 4.93. The van der Waals surface area contributed by atoms with E-state index in [-0.39, 0.29) is 17.8 Å². The highest BCUT2D eigenvalue weighted by atomic mass is 19.1. The molecule has 0 saturated carbocycles. The summed E-state index contributed by atoms with van der Waals surface area (Å²) in [6, 6.07) is 4.64. The van der Waals surface area contributed by atoms with E-state index in [2.05, 4.69) is 10.6 Å². The molecule has 104 valence electrons. The highest BCUT2D eigenvalue weighted by Gasteiger charge is 2.22. The number of nitrogens with one attached hydrogen (secondary N) is 2. The molecule has 0 aromatic heterocycles. The van der Waals surface area contributed by atoms with E-state index in [1.165, 1.54) is 13.0 Å². The molecule has 0 aliphatic carbocycles. The standard InChI is InChI=1S/C14H19FN2O2/c1-9(11-5-6-19-8-11)16-14-7-12(17-10(2)18)3-4-13(14)15/h3-4,7,9,11,16H,5-6,8H2,1-2H3,(H,17,18). The van der Waals surface area contributed by atoms with Gasteiger partial charge in [0.25, 0.3) is 0 Å². The molecule has 1 fully saturated rings. The molecule has 0 bridgehead atoms. The predicted molar refractivity (Wildman–Crippen MR) is 72.7 cm³/mol. The van der Waals surface area contributed by atoms with E-state index in [0.717, 1.165) is 13.0 Å². The number of carbonyl (C=O) groups excluding carboxylic acids is 1. The summed E-state index contributed by atoms with van der Waals surface area (Å²) in [6.07, 6.45) is 0.987. The van der Waals surface area contributed by atoms with Gasteiger partial charge < -0.3 is 15.4 Å². The number of anilines is 2. The van der Waals surface area contributed by atoms with Crippen LogP contribution < -0.4 is 10.6 Å². The van der Waals surface area contributed by atoms with Gasteiger partial charge in [0.15, 0.2) is 0 Å². The highest BCUT2D eigenvalue weighted by Crippen LogP contribution is 2.24. The van der Waals surface area contributed by atoms with Crippen LogP contribution in [0.5, 0.6) is 0 Å². The summed E-state index contributed by atoms with van der Waals surface area (Å²) < 4.78 is 19.1. The largest absolute Gasteiger partial charge is 0.381 e. The van der Waals surface area contributed by atoms with Crippen LogP contribution in [0.1, 0.15) is 20.3 Å². The molecular weight excluding hydrogens is 247 g/mol. The highest BCUT2D eigenvalue weighted by molar-refractivity contribution is 5.89. The Labute approximate surface area is 112 Å². The molecule has 1 aromatic rings. The van der Waals surface area contributed by atoms with Gasteiger partial charge in [0.05, 0.1) is 12.3 Å². The third-order valence-corrected chi connectivity index (χ3v) is 3.34. The van der Waals surface area contributed by atoms with Crippen molar-refractivity contribution in [1.82, 2.24) is 0 Å². The average molecular weight is 266 g/mol. The van der Waals surface area contributed by atoms with E-state index in [0.29, 0.717) is 23.9 Å². The Morgan fingerprint density at radius 1 is 1.53 bits per heavy atom. The minimum Gasteiger partial charge on any atom is -0.381 e. The fourth-order valence-corrected chi connectivity index (χ4v) is 2.23. The van der Waals surface area contributed by atoms with Crippen molar-refractivity contribution in [3.05, 3.63) is 24.0 Å². The van der Waals surface area contributed by atoms with Gasteiger partial charge in [0.2, 0.25) is 5.91 Å². The smallest absolute Gasteiger partial charge is 0.221 e.